The number of aryl methyl sites for hydroxylation is 1. The van der Waals surface area contributed by atoms with Crippen molar-refractivity contribution in [3.63, 3.8) is 0 Å². The Balaban J connectivity index is 1.23. The van der Waals surface area contributed by atoms with Crippen molar-refractivity contribution in [2.24, 2.45) is 0 Å². The first-order chi connectivity index (χ1) is 12.9. The molecule has 3 saturated carbocycles. The number of amides is 2. The summed E-state index contributed by atoms with van der Waals surface area (Å²) in [6.07, 6.45) is 5.20. The van der Waals surface area contributed by atoms with Gasteiger partial charge < -0.3 is 15.4 Å². The van der Waals surface area contributed by atoms with Gasteiger partial charge in [-0.1, -0.05) is 11.6 Å². The monoisotopic (exact) mass is 386 g/mol. The standard InChI is InChI=1S/C19H19ClN4O3/c1-12-6-22-15(7-21-12)17(26)24-19-9-18(10-19,11-19)23-16(25)8-27-14-4-2-13(20)3-5-14/h2-7H,8-11H2,1H3,(H,23,25)(H,24,26). The van der Waals surface area contributed by atoms with Crippen LogP contribution in [-0.4, -0.2) is 39.5 Å². The third kappa shape index (κ3) is 3.60. The van der Waals surface area contributed by atoms with Gasteiger partial charge in [0.2, 0.25) is 0 Å². The number of carbonyl (C=O) groups excluding carboxylic acids is 2. The second-order valence-electron chi connectivity index (χ2n) is 7.38. The minimum atomic E-state index is -0.242. The number of carbonyl (C=O) groups is 2. The number of halogens is 1. The van der Waals surface area contributed by atoms with Gasteiger partial charge in [0.25, 0.3) is 11.8 Å². The molecule has 8 heteroatoms. The van der Waals surface area contributed by atoms with Crippen LogP contribution in [0.25, 0.3) is 0 Å². The molecule has 2 bridgehead atoms. The molecule has 0 aliphatic heterocycles. The number of rotatable bonds is 6. The second-order valence-corrected chi connectivity index (χ2v) is 7.82. The fourth-order valence-corrected chi connectivity index (χ4v) is 4.01. The van der Waals surface area contributed by atoms with Crippen LogP contribution in [0, 0.1) is 6.92 Å². The lowest BCUT2D eigenvalue weighted by Gasteiger charge is -2.70. The van der Waals surface area contributed by atoms with E-state index in [1.54, 1.807) is 30.5 Å². The highest BCUT2D eigenvalue weighted by Gasteiger charge is 2.69. The number of nitrogens with zero attached hydrogens (tertiary/aromatic N) is 2. The highest BCUT2D eigenvalue weighted by atomic mass is 35.5. The Morgan fingerprint density at radius 2 is 1.74 bits per heavy atom. The maximum Gasteiger partial charge on any atom is 0.271 e. The van der Waals surface area contributed by atoms with E-state index < -0.39 is 0 Å². The summed E-state index contributed by atoms with van der Waals surface area (Å²) in [6, 6.07) is 6.85. The van der Waals surface area contributed by atoms with Gasteiger partial charge in [-0.3, -0.25) is 14.6 Å². The second kappa shape index (κ2) is 6.49. The summed E-state index contributed by atoms with van der Waals surface area (Å²) in [7, 11) is 0. The molecule has 27 heavy (non-hydrogen) atoms. The number of aromatic nitrogens is 2. The molecular weight excluding hydrogens is 368 g/mol. The quantitative estimate of drug-likeness (QED) is 0.792. The Kier molecular flexibility index (Phi) is 4.26. The molecule has 3 fully saturated rings. The molecule has 0 spiro atoms. The Hall–Kier alpha value is -2.67. The van der Waals surface area contributed by atoms with Crippen LogP contribution in [-0.2, 0) is 4.79 Å². The lowest BCUT2D eigenvalue weighted by atomic mass is 9.44. The average molecular weight is 387 g/mol. The molecule has 7 nitrogen and oxygen atoms in total. The highest BCUT2D eigenvalue weighted by Crippen LogP contribution is 2.60. The van der Waals surface area contributed by atoms with Gasteiger partial charge in [-0.15, -0.1) is 0 Å². The molecule has 0 radical (unpaired) electrons. The molecule has 2 N–H and O–H groups in total. The summed E-state index contributed by atoms with van der Waals surface area (Å²) in [5, 5.41) is 6.65. The first kappa shape index (κ1) is 17.7. The summed E-state index contributed by atoms with van der Waals surface area (Å²) in [5.74, 6) is 0.192. The van der Waals surface area contributed by atoms with Gasteiger partial charge in [0.05, 0.1) is 11.9 Å². The van der Waals surface area contributed by atoms with Gasteiger partial charge >= 0.3 is 0 Å². The lowest BCUT2D eigenvalue weighted by molar-refractivity contribution is -0.141. The van der Waals surface area contributed by atoms with Crippen LogP contribution in [0.15, 0.2) is 36.7 Å². The molecule has 3 aliphatic carbocycles. The molecule has 0 atom stereocenters. The van der Waals surface area contributed by atoms with Crippen LogP contribution in [0.4, 0.5) is 0 Å². The van der Waals surface area contributed by atoms with Crippen LogP contribution < -0.4 is 15.4 Å². The molecule has 3 aliphatic rings. The van der Waals surface area contributed by atoms with Crippen LogP contribution >= 0.6 is 11.6 Å². The van der Waals surface area contributed by atoms with E-state index >= 15 is 0 Å². The SMILES string of the molecule is Cc1cnc(C(=O)NC23CC(NC(=O)COc4ccc(Cl)cc4)(C2)C3)cn1. The Morgan fingerprint density at radius 1 is 1.07 bits per heavy atom. The number of hydrogen-bond acceptors (Lipinski definition) is 5. The first-order valence-corrected chi connectivity index (χ1v) is 9.06. The first-order valence-electron chi connectivity index (χ1n) is 8.68. The van der Waals surface area contributed by atoms with Gasteiger partial charge in [-0.2, -0.15) is 0 Å². The minimum absolute atomic E-state index is 0.0539. The predicted molar refractivity (Wildman–Crippen MR) is 98.6 cm³/mol. The highest BCUT2D eigenvalue weighted by molar-refractivity contribution is 6.30. The van der Waals surface area contributed by atoms with Gasteiger partial charge in [-0.25, -0.2) is 4.98 Å². The largest absolute Gasteiger partial charge is 0.484 e. The third-order valence-corrected chi connectivity index (χ3v) is 5.26. The fraction of sp³-hybridized carbons (Fsp3) is 0.368. The zero-order valence-corrected chi connectivity index (χ0v) is 15.5. The molecule has 2 aromatic rings. The molecule has 140 valence electrons. The van der Waals surface area contributed by atoms with Crippen molar-refractivity contribution in [2.75, 3.05) is 6.61 Å². The number of benzene rings is 1. The van der Waals surface area contributed by atoms with Crippen molar-refractivity contribution in [1.29, 1.82) is 0 Å². The molecule has 1 aromatic carbocycles. The van der Waals surface area contributed by atoms with Crippen molar-refractivity contribution in [2.45, 2.75) is 37.3 Å². The van der Waals surface area contributed by atoms with Crippen molar-refractivity contribution in [3.8, 4) is 5.75 Å². The van der Waals surface area contributed by atoms with Gasteiger partial charge in [0.15, 0.2) is 6.61 Å². The number of ether oxygens (including phenoxy) is 1. The molecular formula is C19H19ClN4O3. The molecule has 1 heterocycles. The van der Waals surface area contributed by atoms with E-state index in [0.717, 1.165) is 25.0 Å². The van der Waals surface area contributed by atoms with Crippen molar-refractivity contribution < 1.29 is 14.3 Å². The zero-order chi connectivity index (χ0) is 19.1. The fourth-order valence-electron chi connectivity index (χ4n) is 3.88. The summed E-state index contributed by atoms with van der Waals surface area (Å²) >= 11 is 5.82. The minimum Gasteiger partial charge on any atom is -0.484 e. The average Bonchev–Trinajstić information content (AvgIpc) is 2.59. The van der Waals surface area contributed by atoms with Crippen LogP contribution in [0.5, 0.6) is 5.75 Å². The van der Waals surface area contributed by atoms with Crippen molar-refractivity contribution in [1.82, 2.24) is 20.6 Å². The van der Waals surface area contributed by atoms with Crippen LogP contribution in [0.3, 0.4) is 0 Å². The summed E-state index contributed by atoms with van der Waals surface area (Å²) < 4.78 is 5.46. The maximum atomic E-state index is 12.3. The Labute approximate surface area is 161 Å². The maximum absolute atomic E-state index is 12.3. The van der Waals surface area contributed by atoms with E-state index in [1.807, 2.05) is 6.92 Å². The Morgan fingerprint density at radius 3 is 2.37 bits per heavy atom. The van der Waals surface area contributed by atoms with E-state index in [2.05, 4.69) is 20.6 Å². The summed E-state index contributed by atoms with van der Waals surface area (Å²) in [6.45, 7) is 1.76. The van der Waals surface area contributed by atoms with Gasteiger partial charge in [-0.05, 0) is 50.5 Å². The Bertz CT molecular complexity index is 863. The van der Waals surface area contributed by atoms with Gasteiger partial charge in [0.1, 0.15) is 11.4 Å². The van der Waals surface area contributed by atoms with E-state index in [0.29, 0.717) is 16.5 Å². The topological polar surface area (TPSA) is 93.2 Å². The van der Waals surface area contributed by atoms with Crippen molar-refractivity contribution >= 4 is 23.4 Å². The third-order valence-electron chi connectivity index (χ3n) is 5.01. The van der Waals surface area contributed by atoms with E-state index in [1.165, 1.54) is 6.20 Å². The lowest BCUT2D eigenvalue weighted by Crippen LogP contribution is -2.84. The molecule has 1 aromatic heterocycles. The zero-order valence-electron chi connectivity index (χ0n) is 14.8. The predicted octanol–water partition coefficient (Wildman–Crippen LogP) is 2.04. The number of hydrogen-bond donors (Lipinski definition) is 2. The summed E-state index contributed by atoms with van der Waals surface area (Å²) in [4.78, 5) is 32.6. The molecule has 5 rings (SSSR count). The van der Waals surface area contributed by atoms with E-state index in [4.69, 9.17) is 16.3 Å². The van der Waals surface area contributed by atoms with E-state index in [-0.39, 0.29) is 29.5 Å². The van der Waals surface area contributed by atoms with Crippen LogP contribution in [0.1, 0.15) is 35.4 Å². The normalized spacial score (nSPS) is 25.0. The van der Waals surface area contributed by atoms with E-state index in [9.17, 15) is 9.59 Å². The molecule has 2 amide bonds. The molecule has 0 unspecified atom stereocenters. The number of nitrogens with one attached hydrogen (secondary N) is 2. The molecule has 0 saturated heterocycles. The van der Waals surface area contributed by atoms with Crippen molar-refractivity contribution in [3.05, 3.63) is 53.1 Å². The van der Waals surface area contributed by atoms with Gasteiger partial charge in [0, 0.05) is 22.3 Å². The van der Waals surface area contributed by atoms with Crippen LogP contribution in [0.2, 0.25) is 5.02 Å². The summed E-state index contributed by atoms with van der Waals surface area (Å²) in [5.41, 5.74) is 0.597. The smallest absolute Gasteiger partial charge is 0.271 e.